The molecule has 0 saturated carbocycles. The monoisotopic (exact) mass is 646 g/mol. The van der Waals surface area contributed by atoms with Crippen molar-refractivity contribution in [3.05, 3.63) is 121 Å². The fourth-order valence-electron chi connectivity index (χ4n) is 3.34. The minimum atomic E-state index is -0.0968. The molecule has 7 heteroatoms. The Labute approximate surface area is 282 Å². The van der Waals surface area contributed by atoms with E-state index in [-0.39, 0.29) is 6.10 Å². The van der Waals surface area contributed by atoms with Gasteiger partial charge in [-0.2, -0.15) is 0 Å². The van der Waals surface area contributed by atoms with Crippen molar-refractivity contribution in [2.75, 3.05) is 46.8 Å². The SMILES string of the molecule is CCC.CCC.COC(COc1ccccc1)COc1ccccc1.c1ccc(OCC2CO2)cc1.c1ccc(OCC2CO2)cc1. The summed E-state index contributed by atoms with van der Waals surface area (Å²) < 4.78 is 37.4. The molecule has 0 aromatic heterocycles. The van der Waals surface area contributed by atoms with Crippen LogP contribution in [0.15, 0.2) is 121 Å². The van der Waals surface area contributed by atoms with Crippen molar-refractivity contribution in [1.29, 1.82) is 0 Å². The predicted octanol–water partition coefficient (Wildman–Crippen LogP) is 8.92. The zero-order valence-corrected chi connectivity index (χ0v) is 28.8. The van der Waals surface area contributed by atoms with E-state index >= 15 is 0 Å². The van der Waals surface area contributed by atoms with Gasteiger partial charge >= 0.3 is 0 Å². The van der Waals surface area contributed by atoms with Crippen molar-refractivity contribution in [1.82, 2.24) is 0 Å². The Morgan fingerprint density at radius 3 is 0.979 bits per heavy atom. The zero-order chi connectivity index (χ0) is 33.8. The highest BCUT2D eigenvalue weighted by atomic mass is 16.6. The third-order valence-electron chi connectivity index (χ3n) is 5.85. The van der Waals surface area contributed by atoms with Gasteiger partial charge in [-0.25, -0.2) is 0 Å². The second-order valence-electron chi connectivity index (χ2n) is 10.7. The largest absolute Gasteiger partial charge is 0.491 e. The van der Waals surface area contributed by atoms with Crippen LogP contribution in [-0.2, 0) is 14.2 Å². The molecule has 2 heterocycles. The van der Waals surface area contributed by atoms with Gasteiger partial charge in [0, 0.05) is 7.11 Å². The average Bonchev–Trinajstić information content (AvgIpc) is 4.06. The molecule has 4 aromatic carbocycles. The lowest BCUT2D eigenvalue weighted by Gasteiger charge is -2.17. The molecular weight excluding hydrogens is 592 g/mol. The van der Waals surface area contributed by atoms with Gasteiger partial charge in [0.05, 0.1) is 13.2 Å². The van der Waals surface area contributed by atoms with Crippen LogP contribution in [0.25, 0.3) is 0 Å². The first-order valence-corrected chi connectivity index (χ1v) is 16.6. The summed E-state index contributed by atoms with van der Waals surface area (Å²) in [6, 6.07) is 38.9. The maximum absolute atomic E-state index is 5.64. The van der Waals surface area contributed by atoms with E-state index in [1.54, 1.807) is 7.11 Å². The van der Waals surface area contributed by atoms with Gasteiger partial charge in [-0.15, -0.1) is 0 Å². The number of ether oxygens (including phenoxy) is 7. The Bertz CT molecular complexity index is 1120. The predicted molar refractivity (Wildman–Crippen MR) is 190 cm³/mol. The Morgan fingerprint density at radius 1 is 0.489 bits per heavy atom. The van der Waals surface area contributed by atoms with Crippen LogP contribution in [0.4, 0.5) is 0 Å². The molecule has 2 fully saturated rings. The van der Waals surface area contributed by atoms with Crippen molar-refractivity contribution in [3.63, 3.8) is 0 Å². The van der Waals surface area contributed by atoms with Gasteiger partial charge in [-0.05, 0) is 48.5 Å². The standard InChI is InChI=1S/C16H18O3.2C9H10O2.2C3H8/c1-17-16(12-18-14-8-4-2-5-9-14)13-19-15-10-6-3-7-11-15;2*1-2-4-8(5-3-1)10-6-9-7-11-9;2*1-3-2/h2-11,16H,12-13H2,1H3;2*1-5,9H,6-7H2;2*3H2,1-2H3. The van der Waals surface area contributed by atoms with E-state index in [9.17, 15) is 0 Å². The van der Waals surface area contributed by atoms with Crippen LogP contribution in [0.5, 0.6) is 23.0 Å². The van der Waals surface area contributed by atoms with Crippen molar-refractivity contribution in [3.8, 4) is 23.0 Å². The molecule has 2 atom stereocenters. The lowest BCUT2D eigenvalue weighted by Crippen LogP contribution is -2.27. The summed E-state index contributed by atoms with van der Waals surface area (Å²) in [5.74, 6) is 3.51. The lowest BCUT2D eigenvalue weighted by atomic mass is 10.3. The first-order valence-electron chi connectivity index (χ1n) is 16.6. The Balaban J connectivity index is 0.000000235. The molecule has 7 nitrogen and oxygen atoms in total. The molecule has 0 spiro atoms. The fourth-order valence-corrected chi connectivity index (χ4v) is 3.34. The molecule has 2 aliphatic rings. The fraction of sp³-hybridized carbons (Fsp3) is 0.400. The Morgan fingerprint density at radius 2 is 0.745 bits per heavy atom. The summed E-state index contributed by atoms with van der Waals surface area (Å²) in [5.41, 5.74) is 0. The van der Waals surface area contributed by atoms with Crippen LogP contribution < -0.4 is 18.9 Å². The first-order chi connectivity index (χ1) is 23.1. The minimum absolute atomic E-state index is 0.0968. The van der Waals surface area contributed by atoms with Gasteiger partial charge < -0.3 is 33.2 Å². The van der Waals surface area contributed by atoms with E-state index in [2.05, 4.69) is 27.7 Å². The van der Waals surface area contributed by atoms with Crippen molar-refractivity contribution in [2.24, 2.45) is 0 Å². The topological polar surface area (TPSA) is 71.2 Å². The normalized spacial score (nSPS) is 14.9. The van der Waals surface area contributed by atoms with Gasteiger partial charge in [0.2, 0.25) is 0 Å². The quantitative estimate of drug-likeness (QED) is 0.134. The molecule has 4 aromatic rings. The molecule has 6 rings (SSSR count). The third-order valence-corrected chi connectivity index (χ3v) is 5.85. The first kappa shape index (κ1) is 39.1. The van der Waals surface area contributed by atoms with E-state index in [1.807, 2.05) is 121 Å². The smallest absolute Gasteiger partial charge is 0.125 e. The van der Waals surface area contributed by atoms with Crippen LogP contribution >= 0.6 is 0 Å². The second kappa shape index (κ2) is 26.1. The molecule has 47 heavy (non-hydrogen) atoms. The summed E-state index contributed by atoms with van der Waals surface area (Å²) in [5, 5.41) is 0. The van der Waals surface area contributed by atoms with Crippen LogP contribution in [0.3, 0.4) is 0 Å². The molecule has 0 N–H and O–H groups in total. The van der Waals surface area contributed by atoms with E-state index in [0.717, 1.165) is 36.2 Å². The summed E-state index contributed by atoms with van der Waals surface area (Å²) in [7, 11) is 1.66. The van der Waals surface area contributed by atoms with Crippen LogP contribution in [-0.4, -0.2) is 65.1 Å². The summed E-state index contributed by atoms with van der Waals surface area (Å²) in [6.45, 7) is 12.5. The van der Waals surface area contributed by atoms with Gasteiger partial charge in [-0.3, -0.25) is 0 Å². The van der Waals surface area contributed by atoms with Crippen molar-refractivity contribution >= 4 is 0 Å². The van der Waals surface area contributed by atoms with E-state index in [4.69, 9.17) is 33.2 Å². The van der Waals surface area contributed by atoms with E-state index < -0.39 is 0 Å². The molecule has 2 saturated heterocycles. The molecule has 0 amide bonds. The average molecular weight is 647 g/mol. The Hall–Kier alpha value is -4.04. The highest BCUT2D eigenvalue weighted by molar-refractivity contribution is 5.23. The third kappa shape index (κ3) is 21.4. The highest BCUT2D eigenvalue weighted by Crippen LogP contribution is 2.15. The zero-order valence-electron chi connectivity index (χ0n) is 28.8. The van der Waals surface area contributed by atoms with Gasteiger partial charge in [0.15, 0.2) is 0 Å². The van der Waals surface area contributed by atoms with E-state index in [1.165, 1.54) is 12.8 Å². The van der Waals surface area contributed by atoms with Crippen LogP contribution in [0.1, 0.15) is 40.5 Å². The molecule has 2 aliphatic heterocycles. The molecule has 0 bridgehead atoms. The number of hydrogen-bond donors (Lipinski definition) is 0. The van der Waals surface area contributed by atoms with Crippen LogP contribution in [0.2, 0.25) is 0 Å². The van der Waals surface area contributed by atoms with Crippen molar-refractivity contribution in [2.45, 2.75) is 58.8 Å². The van der Waals surface area contributed by atoms with Crippen molar-refractivity contribution < 1.29 is 33.2 Å². The van der Waals surface area contributed by atoms with E-state index in [0.29, 0.717) is 38.6 Å². The van der Waals surface area contributed by atoms with Gasteiger partial charge in [0.1, 0.15) is 67.7 Å². The highest BCUT2D eigenvalue weighted by Gasteiger charge is 2.23. The number of rotatable bonds is 13. The molecular formula is C40H54O7. The minimum Gasteiger partial charge on any atom is -0.491 e. The number of epoxide rings is 2. The molecule has 2 unspecified atom stereocenters. The number of benzene rings is 4. The molecule has 0 aliphatic carbocycles. The molecule has 0 radical (unpaired) electrons. The number of para-hydroxylation sites is 4. The van der Waals surface area contributed by atoms with Gasteiger partial charge in [0.25, 0.3) is 0 Å². The maximum atomic E-state index is 5.64. The number of methoxy groups -OCH3 is 1. The summed E-state index contributed by atoms with van der Waals surface area (Å²) >= 11 is 0. The Kier molecular flexibility index (Phi) is 21.7. The lowest BCUT2D eigenvalue weighted by molar-refractivity contribution is 0.0237. The second-order valence-corrected chi connectivity index (χ2v) is 10.7. The van der Waals surface area contributed by atoms with Gasteiger partial charge in [-0.1, -0.05) is 113 Å². The summed E-state index contributed by atoms with van der Waals surface area (Å²) in [6.07, 6.45) is 3.09. The maximum Gasteiger partial charge on any atom is 0.125 e. The summed E-state index contributed by atoms with van der Waals surface area (Å²) in [4.78, 5) is 0. The molecule has 256 valence electrons. The van der Waals surface area contributed by atoms with Crippen LogP contribution in [0, 0.1) is 0 Å². The number of hydrogen-bond acceptors (Lipinski definition) is 7.